The van der Waals surface area contributed by atoms with E-state index >= 15 is 0 Å². The van der Waals surface area contributed by atoms with E-state index in [2.05, 4.69) is 16.0 Å². The van der Waals surface area contributed by atoms with E-state index < -0.39 is 10.9 Å². The molecule has 0 spiro atoms. The fourth-order valence-electron chi connectivity index (χ4n) is 3.85. The van der Waals surface area contributed by atoms with Gasteiger partial charge in [0.2, 0.25) is 39.9 Å². The Kier molecular flexibility index (Phi) is 21.9. The summed E-state index contributed by atoms with van der Waals surface area (Å²) in [5.74, 6) is 3.87. The van der Waals surface area contributed by atoms with Crippen molar-refractivity contribution in [3.05, 3.63) is 57.6 Å². The maximum absolute atomic E-state index is 11.8. The molecule has 0 saturated heterocycles. The third kappa shape index (κ3) is 18.3. The van der Waals surface area contributed by atoms with Crippen LogP contribution in [0, 0.1) is 13.8 Å². The van der Waals surface area contributed by atoms with Gasteiger partial charge >= 0.3 is 0 Å². The summed E-state index contributed by atoms with van der Waals surface area (Å²) in [5, 5.41) is 7.44. The van der Waals surface area contributed by atoms with Crippen molar-refractivity contribution >= 4 is 35.2 Å². The molecule has 0 aliphatic rings. The fourth-order valence-corrected chi connectivity index (χ4v) is 3.85. The third-order valence-corrected chi connectivity index (χ3v) is 7.07. The number of hydrogen-bond acceptors (Lipinski definition) is 12. The second-order valence-electron chi connectivity index (χ2n) is 11.2. The van der Waals surface area contributed by atoms with Crippen LogP contribution < -0.4 is 53.7 Å². The van der Waals surface area contributed by atoms with Gasteiger partial charge in [0, 0.05) is 50.7 Å². The molecule has 0 unspecified atom stereocenters. The summed E-state index contributed by atoms with van der Waals surface area (Å²) in [5.41, 5.74) is 1.58. The first kappa shape index (κ1) is 44.1. The molecule has 16 heteroatoms. The first-order valence-electron chi connectivity index (χ1n) is 16.1. The molecule has 0 atom stereocenters. The molecule has 272 valence electrons. The minimum absolute atomic E-state index is 0.00658. The van der Waals surface area contributed by atoms with Gasteiger partial charge in [-0.25, -0.2) is 5.84 Å². The van der Waals surface area contributed by atoms with Crippen LogP contribution in [0.1, 0.15) is 102 Å². The molecule has 49 heavy (non-hydrogen) atoms. The number of hydrogen-bond donors (Lipinski definition) is 5. The number of ether oxygens (including phenoxy) is 1. The molecular weight excluding hydrogens is 642 g/mol. The number of amides is 4. The van der Waals surface area contributed by atoms with Crippen LogP contribution in [0.2, 0.25) is 0 Å². The van der Waals surface area contributed by atoms with Crippen LogP contribution in [-0.4, -0.2) is 54.9 Å². The summed E-state index contributed by atoms with van der Waals surface area (Å²) in [6, 6.07) is 0. The number of unbranched alkanes of at least 4 members (excludes halogenated alkanes) is 3. The van der Waals surface area contributed by atoms with Crippen molar-refractivity contribution < 1.29 is 33.5 Å². The quantitative estimate of drug-likeness (QED) is 0.0387. The molecular formula is C33H49N5O11. The molecule has 2 rings (SSSR count). The predicted molar refractivity (Wildman–Crippen MR) is 181 cm³/mol. The Bertz CT molecular complexity index is 1530. The van der Waals surface area contributed by atoms with Crippen LogP contribution in [0.3, 0.4) is 0 Å². The van der Waals surface area contributed by atoms with Crippen LogP contribution in [0.25, 0.3) is 0 Å². The average molecular weight is 692 g/mol. The first-order valence-corrected chi connectivity index (χ1v) is 16.1. The standard InChI is InChI=1S/C18H26N2O6.C9H17N3O3.C6H6O2/c1-3-4-9-26-18-14(16(24)17(18)25)11-20-15(23)8-6-5-7-13(22)10-19-12(2)21;1-7(13)11-6-8(14)4-2-3-5-9(15)12-10;1-3-4(2)6(8)5(3)7/h3-11H2,1-2H3,(H,19,21)(H,20,23);2-6,10H2,1H3,(H,11,13)(H,12,15);1-2H3. The Morgan fingerprint density at radius 2 is 1.06 bits per heavy atom. The normalized spacial score (nSPS) is 10.2. The zero-order chi connectivity index (χ0) is 37.5. The van der Waals surface area contributed by atoms with Gasteiger partial charge in [0.15, 0.2) is 17.3 Å². The monoisotopic (exact) mass is 691 g/mol. The van der Waals surface area contributed by atoms with Crippen molar-refractivity contribution in [2.45, 2.75) is 105 Å². The number of nitrogens with two attached hydrogens (primary N) is 1. The molecule has 0 aliphatic heterocycles. The molecule has 2 aromatic carbocycles. The second-order valence-corrected chi connectivity index (χ2v) is 11.2. The van der Waals surface area contributed by atoms with Crippen LogP contribution in [-0.2, 0) is 35.3 Å². The number of ketones is 2. The van der Waals surface area contributed by atoms with Crippen molar-refractivity contribution in [1.82, 2.24) is 21.4 Å². The Morgan fingerprint density at radius 1 is 0.612 bits per heavy atom. The third-order valence-electron chi connectivity index (χ3n) is 7.07. The number of hydrazine groups is 1. The summed E-state index contributed by atoms with van der Waals surface area (Å²) in [4.78, 5) is 110. The van der Waals surface area contributed by atoms with E-state index in [1.54, 1.807) is 13.8 Å². The Hall–Kier alpha value is -4.86. The van der Waals surface area contributed by atoms with E-state index in [4.69, 9.17) is 10.6 Å². The molecule has 16 nitrogen and oxygen atoms in total. The first-order chi connectivity index (χ1) is 23.1. The molecule has 4 amide bonds. The van der Waals surface area contributed by atoms with Gasteiger partial charge in [-0.3, -0.25) is 53.4 Å². The molecule has 0 aromatic heterocycles. The van der Waals surface area contributed by atoms with E-state index in [-0.39, 0.29) is 83.4 Å². The topological polar surface area (TPSA) is 254 Å². The minimum atomic E-state index is -0.636. The molecule has 0 radical (unpaired) electrons. The minimum Gasteiger partial charge on any atom is -0.489 e. The van der Waals surface area contributed by atoms with Crippen LogP contribution >= 0.6 is 0 Å². The molecule has 0 fully saturated rings. The van der Waals surface area contributed by atoms with Gasteiger partial charge in [-0.05, 0) is 46.0 Å². The number of nitrogens with one attached hydrogen (secondary N) is 4. The van der Waals surface area contributed by atoms with E-state index in [9.17, 15) is 47.9 Å². The number of rotatable bonds is 20. The van der Waals surface area contributed by atoms with Gasteiger partial charge in [0.1, 0.15) is 0 Å². The summed E-state index contributed by atoms with van der Waals surface area (Å²) in [6.45, 7) is 8.44. The number of Topliss-reactive ketones (excluding diaryl/α,β-unsaturated/α-hetero) is 2. The number of carbonyl (C=O) groups is 6. The van der Waals surface area contributed by atoms with E-state index in [0.29, 0.717) is 62.7 Å². The van der Waals surface area contributed by atoms with Crippen LogP contribution in [0.4, 0.5) is 0 Å². The Morgan fingerprint density at radius 3 is 1.47 bits per heavy atom. The highest BCUT2D eigenvalue weighted by atomic mass is 16.5. The van der Waals surface area contributed by atoms with Crippen molar-refractivity contribution in [2.75, 3.05) is 19.7 Å². The van der Waals surface area contributed by atoms with Gasteiger partial charge in [-0.1, -0.05) is 13.3 Å². The zero-order valence-electron chi connectivity index (χ0n) is 29.0. The van der Waals surface area contributed by atoms with Gasteiger partial charge in [0.25, 0.3) is 5.43 Å². The van der Waals surface area contributed by atoms with E-state index in [0.717, 1.165) is 12.8 Å². The largest absolute Gasteiger partial charge is 0.489 e. The lowest BCUT2D eigenvalue weighted by atomic mass is 10.1. The molecule has 0 heterocycles. The van der Waals surface area contributed by atoms with Crippen molar-refractivity contribution in [3.8, 4) is 5.75 Å². The van der Waals surface area contributed by atoms with Gasteiger partial charge in [-0.15, -0.1) is 0 Å². The summed E-state index contributed by atoms with van der Waals surface area (Å²) in [7, 11) is 0. The number of carbonyl (C=O) groups excluding carboxylic acids is 6. The predicted octanol–water partition coefficient (Wildman–Crippen LogP) is -0.515. The average Bonchev–Trinajstić information content (AvgIpc) is 3.08. The van der Waals surface area contributed by atoms with E-state index in [1.165, 1.54) is 13.8 Å². The fraction of sp³-hybridized carbons (Fsp3) is 0.576. The molecule has 2 aromatic rings. The highest BCUT2D eigenvalue weighted by Crippen LogP contribution is 2.11. The summed E-state index contributed by atoms with van der Waals surface area (Å²) in [6.07, 6.45) is 5.21. The van der Waals surface area contributed by atoms with Crippen molar-refractivity contribution in [2.24, 2.45) is 5.84 Å². The van der Waals surface area contributed by atoms with Crippen LogP contribution in [0.15, 0.2) is 19.2 Å². The second kappa shape index (κ2) is 24.3. The van der Waals surface area contributed by atoms with E-state index in [1.807, 2.05) is 12.3 Å². The van der Waals surface area contributed by atoms with Gasteiger partial charge in [0.05, 0.1) is 31.8 Å². The van der Waals surface area contributed by atoms with Crippen LogP contribution in [0.5, 0.6) is 5.75 Å². The molecule has 0 saturated carbocycles. The maximum Gasteiger partial charge on any atom is 0.268 e. The van der Waals surface area contributed by atoms with Crippen molar-refractivity contribution in [1.29, 1.82) is 0 Å². The highest BCUT2D eigenvalue weighted by Gasteiger charge is 2.22. The maximum atomic E-state index is 11.8. The Balaban J connectivity index is 0.000000834. The lowest BCUT2D eigenvalue weighted by molar-refractivity contribution is -0.124. The Labute approximate surface area is 284 Å². The smallest absolute Gasteiger partial charge is 0.268 e. The molecule has 6 N–H and O–H groups in total. The summed E-state index contributed by atoms with van der Waals surface area (Å²) < 4.78 is 5.30. The summed E-state index contributed by atoms with van der Waals surface area (Å²) >= 11 is 0. The van der Waals surface area contributed by atoms with Gasteiger partial charge in [-0.2, -0.15) is 0 Å². The lowest BCUT2D eigenvalue weighted by Gasteiger charge is -2.13. The van der Waals surface area contributed by atoms with Gasteiger partial charge < -0.3 is 20.7 Å². The van der Waals surface area contributed by atoms with Crippen molar-refractivity contribution in [3.63, 3.8) is 0 Å². The molecule has 0 bridgehead atoms. The molecule has 0 aliphatic carbocycles. The SMILES string of the molecule is CC(=O)NCC(=O)CCCCC(=O)NN.CCCCOc1c(CNC(=O)CCCCC(=O)CNC(C)=O)c(=O)c1=O.Cc1c(C)c(=O)c1=O. The highest BCUT2D eigenvalue weighted by molar-refractivity contribution is 5.85. The zero-order valence-corrected chi connectivity index (χ0v) is 29.0. The lowest BCUT2D eigenvalue weighted by Crippen LogP contribution is -2.40.